The van der Waals surface area contributed by atoms with E-state index in [0.29, 0.717) is 5.92 Å². The van der Waals surface area contributed by atoms with Gasteiger partial charge in [0, 0.05) is 18.0 Å². The van der Waals surface area contributed by atoms with E-state index in [0.717, 1.165) is 23.1 Å². The largest absolute Gasteiger partial charge is 0.253 e. The van der Waals surface area contributed by atoms with Crippen molar-refractivity contribution in [2.75, 3.05) is 0 Å². The quantitative estimate of drug-likeness (QED) is 0.761. The van der Waals surface area contributed by atoms with E-state index < -0.39 is 0 Å². The number of aromatic nitrogens is 2. The molecule has 2 rings (SSSR count). The lowest BCUT2D eigenvalue weighted by atomic mass is 10.1. The van der Waals surface area contributed by atoms with Gasteiger partial charge >= 0.3 is 0 Å². The Morgan fingerprint density at radius 3 is 2.56 bits per heavy atom. The molecule has 1 aromatic carbocycles. The molecule has 1 unspecified atom stereocenters. The number of benzene rings is 1. The minimum atomic E-state index is 0.121. The van der Waals surface area contributed by atoms with Crippen LogP contribution in [-0.4, -0.2) is 15.3 Å². The zero-order valence-corrected chi connectivity index (χ0v) is 10.3. The van der Waals surface area contributed by atoms with E-state index in [1.807, 2.05) is 30.5 Å². The molecule has 2 aromatic rings. The fourth-order valence-corrected chi connectivity index (χ4v) is 1.69. The van der Waals surface area contributed by atoms with Gasteiger partial charge in [0.1, 0.15) is 0 Å². The van der Waals surface area contributed by atoms with Crippen molar-refractivity contribution in [1.82, 2.24) is 9.97 Å². The van der Waals surface area contributed by atoms with Crippen molar-refractivity contribution in [2.24, 2.45) is 5.92 Å². The van der Waals surface area contributed by atoms with E-state index in [-0.39, 0.29) is 5.38 Å². The van der Waals surface area contributed by atoms with Gasteiger partial charge in [-0.15, -0.1) is 11.6 Å². The minimum absolute atomic E-state index is 0.121. The SMILES string of the molecule is CC(C)C(Cl)Cc1cnc2ccccc2n1. The van der Waals surface area contributed by atoms with Crippen molar-refractivity contribution in [3.63, 3.8) is 0 Å². The van der Waals surface area contributed by atoms with Crippen LogP contribution in [0.1, 0.15) is 19.5 Å². The van der Waals surface area contributed by atoms with Crippen LogP contribution in [0, 0.1) is 5.92 Å². The number of hydrogen-bond donors (Lipinski definition) is 0. The maximum atomic E-state index is 6.23. The molecule has 0 amide bonds. The van der Waals surface area contributed by atoms with E-state index in [1.54, 1.807) is 0 Å². The predicted octanol–water partition coefficient (Wildman–Crippen LogP) is 3.44. The van der Waals surface area contributed by atoms with Crippen LogP contribution in [0.2, 0.25) is 0 Å². The van der Waals surface area contributed by atoms with Crippen LogP contribution >= 0.6 is 11.6 Å². The summed E-state index contributed by atoms with van der Waals surface area (Å²) in [5.74, 6) is 0.454. The Morgan fingerprint density at radius 2 is 1.88 bits per heavy atom. The van der Waals surface area contributed by atoms with Crippen molar-refractivity contribution in [3.8, 4) is 0 Å². The molecule has 0 radical (unpaired) electrons. The monoisotopic (exact) mass is 234 g/mol. The third kappa shape index (κ3) is 2.50. The average molecular weight is 235 g/mol. The molecular weight excluding hydrogens is 220 g/mol. The lowest BCUT2D eigenvalue weighted by molar-refractivity contribution is 0.591. The molecule has 2 nitrogen and oxygen atoms in total. The highest BCUT2D eigenvalue weighted by Gasteiger charge is 2.11. The van der Waals surface area contributed by atoms with Gasteiger partial charge in [-0.2, -0.15) is 0 Å². The molecule has 1 atom stereocenters. The van der Waals surface area contributed by atoms with Gasteiger partial charge in [0.15, 0.2) is 0 Å². The molecule has 0 bridgehead atoms. The standard InChI is InChI=1S/C13H15ClN2/c1-9(2)11(14)7-10-8-15-12-5-3-4-6-13(12)16-10/h3-6,8-9,11H,7H2,1-2H3. The van der Waals surface area contributed by atoms with Crippen LogP contribution in [0.25, 0.3) is 11.0 Å². The molecular formula is C13H15ClN2. The van der Waals surface area contributed by atoms with E-state index in [4.69, 9.17) is 11.6 Å². The molecule has 84 valence electrons. The van der Waals surface area contributed by atoms with Gasteiger partial charge in [-0.05, 0) is 18.1 Å². The second kappa shape index (κ2) is 4.79. The van der Waals surface area contributed by atoms with Gasteiger partial charge in [-0.1, -0.05) is 26.0 Å². The Kier molecular flexibility index (Phi) is 3.39. The van der Waals surface area contributed by atoms with Crippen LogP contribution < -0.4 is 0 Å². The van der Waals surface area contributed by atoms with Crippen LogP contribution in [-0.2, 0) is 6.42 Å². The van der Waals surface area contributed by atoms with Crippen molar-refractivity contribution in [1.29, 1.82) is 0 Å². The summed E-state index contributed by atoms with van der Waals surface area (Å²) in [7, 11) is 0. The summed E-state index contributed by atoms with van der Waals surface area (Å²) < 4.78 is 0. The fourth-order valence-electron chi connectivity index (χ4n) is 1.53. The first kappa shape index (κ1) is 11.3. The summed E-state index contributed by atoms with van der Waals surface area (Å²) in [6.45, 7) is 4.23. The van der Waals surface area contributed by atoms with Crippen LogP contribution in [0.5, 0.6) is 0 Å². The number of alkyl halides is 1. The number of para-hydroxylation sites is 2. The van der Waals surface area contributed by atoms with Gasteiger partial charge in [0.25, 0.3) is 0 Å². The molecule has 0 saturated heterocycles. The van der Waals surface area contributed by atoms with Gasteiger partial charge in [0.2, 0.25) is 0 Å². The summed E-state index contributed by atoms with van der Waals surface area (Å²) in [6.07, 6.45) is 2.59. The Balaban J connectivity index is 2.26. The zero-order chi connectivity index (χ0) is 11.5. The van der Waals surface area contributed by atoms with Crippen molar-refractivity contribution in [3.05, 3.63) is 36.2 Å². The van der Waals surface area contributed by atoms with Gasteiger partial charge < -0.3 is 0 Å². The maximum absolute atomic E-state index is 6.23. The molecule has 3 heteroatoms. The highest BCUT2D eigenvalue weighted by Crippen LogP contribution is 2.16. The Bertz CT molecular complexity index is 482. The molecule has 1 heterocycles. The third-order valence-electron chi connectivity index (χ3n) is 2.63. The fraction of sp³-hybridized carbons (Fsp3) is 0.385. The summed E-state index contributed by atoms with van der Waals surface area (Å²) in [6, 6.07) is 7.88. The first-order chi connectivity index (χ1) is 7.66. The second-order valence-electron chi connectivity index (χ2n) is 4.31. The van der Waals surface area contributed by atoms with Gasteiger partial charge in [-0.3, -0.25) is 4.98 Å². The van der Waals surface area contributed by atoms with E-state index >= 15 is 0 Å². The summed E-state index contributed by atoms with van der Waals surface area (Å²) in [4.78, 5) is 8.92. The molecule has 16 heavy (non-hydrogen) atoms. The number of hydrogen-bond acceptors (Lipinski definition) is 2. The van der Waals surface area contributed by atoms with E-state index in [2.05, 4.69) is 23.8 Å². The summed E-state index contributed by atoms with van der Waals surface area (Å²) in [5, 5.41) is 0.121. The molecule has 0 fully saturated rings. The van der Waals surface area contributed by atoms with Crippen LogP contribution in [0.3, 0.4) is 0 Å². The Labute approximate surface area is 101 Å². The van der Waals surface area contributed by atoms with Crippen LogP contribution in [0.4, 0.5) is 0 Å². The number of halogens is 1. The third-order valence-corrected chi connectivity index (χ3v) is 3.28. The summed E-state index contributed by atoms with van der Waals surface area (Å²) in [5.41, 5.74) is 2.84. The Morgan fingerprint density at radius 1 is 1.19 bits per heavy atom. The summed E-state index contributed by atoms with van der Waals surface area (Å²) >= 11 is 6.23. The van der Waals surface area contributed by atoms with Gasteiger partial charge in [0.05, 0.1) is 16.7 Å². The molecule has 0 spiro atoms. The van der Waals surface area contributed by atoms with E-state index in [9.17, 15) is 0 Å². The van der Waals surface area contributed by atoms with Crippen molar-refractivity contribution in [2.45, 2.75) is 25.6 Å². The van der Waals surface area contributed by atoms with E-state index in [1.165, 1.54) is 0 Å². The lowest BCUT2D eigenvalue weighted by Gasteiger charge is -2.12. The first-order valence-electron chi connectivity index (χ1n) is 5.51. The lowest BCUT2D eigenvalue weighted by Crippen LogP contribution is -2.12. The minimum Gasteiger partial charge on any atom is -0.253 e. The molecule has 0 aliphatic heterocycles. The van der Waals surface area contributed by atoms with Gasteiger partial charge in [-0.25, -0.2) is 4.98 Å². The smallest absolute Gasteiger partial charge is 0.0890 e. The predicted molar refractivity (Wildman–Crippen MR) is 67.7 cm³/mol. The number of nitrogens with zero attached hydrogens (tertiary/aromatic N) is 2. The molecule has 0 aliphatic carbocycles. The number of fused-ring (bicyclic) bond motifs is 1. The normalized spacial score (nSPS) is 13.2. The molecule has 1 aromatic heterocycles. The highest BCUT2D eigenvalue weighted by atomic mass is 35.5. The Hall–Kier alpha value is -1.15. The highest BCUT2D eigenvalue weighted by molar-refractivity contribution is 6.20. The topological polar surface area (TPSA) is 25.8 Å². The van der Waals surface area contributed by atoms with Crippen molar-refractivity contribution < 1.29 is 0 Å². The second-order valence-corrected chi connectivity index (χ2v) is 4.87. The maximum Gasteiger partial charge on any atom is 0.0890 e. The molecule has 0 aliphatic rings. The average Bonchev–Trinajstić information content (AvgIpc) is 2.28. The number of rotatable bonds is 3. The van der Waals surface area contributed by atoms with Crippen LogP contribution in [0.15, 0.2) is 30.5 Å². The molecule has 0 saturated carbocycles. The molecule has 0 N–H and O–H groups in total. The van der Waals surface area contributed by atoms with Crippen molar-refractivity contribution >= 4 is 22.6 Å². The first-order valence-corrected chi connectivity index (χ1v) is 5.95. The zero-order valence-electron chi connectivity index (χ0n) is 9.52.